The van der Waals surface area contributed by atoms with Crippen LogP contribution < -0.4 is 10.1 Å². The molecule has 0 aliphatic carbocycles. The third-order valence-corrected chi connectivity index (χ3v) is 5.88. The van der Waals surface area contributed by atoms with Crippen LogP contribution in [0.25, 0.3) is 0 Å². The van der Waals surface area contributed by atoms with Crippen molar-refractivity contribution in [1.82, 2.24) is 19.7 Å². The van der Waals surface area contributed by atoms with Crippen LogP contribution in [0.3, 0.4) is 0 Å². The van der Waals surface area contributed by atoms with Crippen molar-refractivity contribution in [3.05, 3.63) is 60.1 Å². The van der Waals surface area contributed by atoms with Crippen molar-refractivity contribution in [1.29, 1.82) is 0 Å². The van der Waals surface area contributed by atoms with Crippen LogP contribution in [0.15, 0.2) is 47.3 Å². The number of benzene rings is 1. The molecule has 0 radical (unpaired) electrons. The average molecular weight is 393 g/mol. The van der Waals surface area contributed by atoms with Gasteiger partial charge in [0.15, 0.2) is 0 Å². The van der Waals surface area contributed by atoms with Crippen LogP contribution in [0.1, 0.15) is 22.0 Å². The van der Waals surface area contributed by atoms with Crippen molar-refractivity contribution in [3.63, 3.8) is 0 Å². The van der Waals surface area contributed by atoms with Gasteiger partial charge in [-0.05, 0) is 42.2 Å². The molecule has 1 amide bonds. The average Bonchev–Trinajstić information content (AvgIpc) is 3.46. The number of carbonyl (C=O) groups is 1. The number of furan rings is 1. The molecule has 1 aromatic carbocycles. The van der Waals surface area contributed by atoms with Crippen LogP contribution in [-0.2, 0) is 19.5 Å². The Morgan fingerprint density at radius 2 is 2.00 bits per heavy atom. The van der Waals surface area contributed by atoms with Crippen molar-refractivity contribution in [2.75, 3.05) is 25.5 Å². The first-order chi connectivity index (χ1) is 14.2. The molecule has 1 fully saturated rings. The van der Waals surface area contributed by atoms with E-state index in [0.717, 1.165) is 44.2 Å². The van der Waals surface area contributed by atoms with E-state index in [9.17, 15) is 4.79 Å². The van der Waals surface area contributed by atoms with Gasteiger partial charge < -0.3 is 19.0 Å². The molecule has 8 nitrogen and oxygen atoms in total. The highest BCUT2D eigenvalue weighted by Crippen LogP contribution is 2.33. The number of ether oxygens (including phenoxy) is 1. The molecule has 2 aliphatic heterocycles. The number of anilines is 1. The van der Waals surface area contributed by atoms with E-state index in [1.165, 1.54) is 5.56 Å². The zero-order valence-corrected chi connectivity index (χ0v) is 16.2. The Morgan fingerprint density at radius 1 is 1.17 bits per heavy atom. The number of aromatic nitrogens is 3. The van der Waals surface area contributed by atoms with Crippen molar-refractivity contribution in [2.24, 2.45) is 11.8 Å². The maximum atomic E-state index is 12.8. The van der Waals surface area contributed by atoms with Crippen LogP contribution in [0.5, 0.6) is 5.75 Å². The summed E-state index contributed by atoms with van der Waals surface area (Å²) < 4.78 is 12.3. The highest BCUT2D eigenvalue weighted by molar-refractivity contribution is 6.01. The highest BCUT2D eigenvalue weighted by atomic mass is 16.5. The minimum atomic E-state index is -0.236. The van der Waals surface area contributed by atoms with Crippen molar-refractivity contribution in [2.45, 2.75) is 19.5 Å². The molecule has 3 aromatic rings. The molecule has 2 aromatic heterocycles. The summed E-state index contributed by atoms with van der Waals surface area (Å²) in [6.07, 6.45) is 4.38. The number of methoxy groups -OCH3 is 1. The van der Waals surface area contributed by atoms with Gasteiger partial charge in [-0.3, -0.25) is 9.69 Å². The number of nitrogens with one attached hydrogen (secondary N) is 1. The first-order valence-corrected chi connectivity index (χ1v) is 9.80. The van der Waals surface area contributed by atoms with Crippen LogP contribution >= 0.6 is 0 Å². The summed E-state index contributed by atoms with van der Waals surface area (Å²) in [4.78, 5) is 15.2. The maximum absolute atomic E-state index is 12.8. The number of likely N-dealkylation sites (tertiary alicyclic amines) is 1. The largest absolute Gasteiger partial charge is 0.497 e. The van der Waals surface area contributed by atoms with Gasteiger partial charge in [-0.15, -0.1) is 10.2 Å². The summed E-state index contributed by atoms with van der Waals surface area (Å²) >= 11 is 0. The lowest BCUT2D eigenvalue weighted by atomic mass is 9.89. The molecule has 0 spiro atoms. The SMILES string of the molecule is COc1ccc(NC(=O)c2nnc3n2C[C@H]2CN(Cc4ccoc4)C[C@H]2C3)cc1. The lowest BCUT2D eigenvalue weighted by molar-refractivity contribution is 0.100. The van der Waals surface area contributed by atoms with Gasteiger partial charge in [0.05, 0.1) is 19.6 Å². The molecule has 8 heteroatoms. The van der Waals surface area contributed by atoms with E-state index in [2.05, 4.69) is 20.4 Å². The fourth-order valence-corrected chi connectivity index (χ4v) is 4.42. The van der Waals surface area contributed by atoms with Crippen LogP contribution in [0, 0.1) is 11.8 Å². The van der Waals surface area contributed by atoms with Crippen molar-refractivity contribution >= 4 is 11.6 Å². The topological polar surface area (TPSA) is 85.4 Å². The smallest absolute Gasteiger partial charge is 0.293 e. The predicted octanol–water partition coefficient (Wildman–Crippen LogP) is 2.44. The van der Waals surface area contributed by atoms with Crippen molar-refractivity contribution < 1.29 is 13.9 Å². The number of nitrogens with zero attached hydrogens (tertiary/aromatic N) is 4. The van der Waals surface area contributed by atoms with E-state index < -0.39 is 0 Å². The first kappa shape index (κ1) is 17.9. The monoisotopic (exact) mass is 393 g/mol. The Labute approximate surface area is 168 Å². The predicted molar refractivity (Wildman–Crippen MR) is 106 cm³/mol. The van der Waals surface area contributed by atoms with E-state index in [4.69, 9.17) is 9.15 Å². The quantitative estimate of drug-likeness (QED) is 0.717. The molecule has 150 valence electrons. The fraction of sp³-hybridized carbons (Fsp3) is 0.381. The Balaban J connectivity index is 1.27. The molecular weight excluding hydrogens is 370 g/mol. The summed E-state index contributed by atoms with van der Waals surface area (Å²) in [5.74, 6) is 2.84. The van der Waals surface area contributed by atoms with Gasteiger partial charge >= 0.3 is 0 Å². The minimum Gasteiger partial charge on any atom is -0.497 e. The second-order valence-corrected chi connectivity index (χ2v) is 7.78. The molecule has 2 aliphatic rings. The van der Waals surface area contributed by atoms with Gasteiger partial charge in [0.1, 0.15) is 11.6 Å². The normalized spacial score (nSPS) is 20.9. The molecule has 0 unspecified atom stereocenters. The van der Waals surface area contributed by atoms with Gasteiger partial charge in [-0.2, -0.15) is 0 Å². The third-order valence-electron chi connectivity index (χ3n) is 5.88. The number of fused-ring (bicyclic) bond motifs is 2. The molecule has 0 saturated carbocycles. The molecule has 2 atom stereocenters. The number of rotatable bonds is 5. The number of hydrogen-bond acceptors (Lipinski definition) is 6. The Bertz CT molecular complexity index is 996. The summed E-state index contributed by atoms with van der Waals surface area (Å²) in [5, 5.41) is 11.4. The summed E-state index contributed by atoms with van der Waals surface area (Å²) in [7, 11) is 1.61. The van der Waals surface area contributed by atoms with Crippen LogP contribution in [0.2, 0.25) is 0 Å². The number of carbonyl (C=O) groups excluding carboxylic acids is 1. The van der Waals surface area contributed by atoms with E-state index in [-0.39, 0.29) is 5.91 Å². The highest BCUT2D eigenvalue weighted by Gasteiger charge is 2.39. The van der Waals surface area contributed by atoms with E-state index >= 15 is 0 Å². The van der Waals surface area contributed by atoms with E-state index in [1.807, 2.05) is 34.9 Å². The van der Waals surface area contributed by atoms with Gasteiger partial charge in [0.25, 0.3) is 5.91 Å². The lowest BCUT2D eigenvalue weighted by Crippen LogP contribution is -2.31. The van der Waals surface area contributed by atoms with E-state index in [0.29, 0.717) is 23.3 Å². The Hall–Kier alpha value is -3.13. The minimum absolute atomic E-state index is 0.236. The molecule has 5 rings (SSSR count). The molecular formula is C21H23N5O3. The molecule has 1 N–H and O–H groups in total. The van der Waals surface area contributed by atoms with Gasteiger partial charge in [0, 0.05) is 43.9 Å². The van der Waals surface area contributed by atoms with Crippen LogP contribution in [0.4, 0.5) is 5.69 Å². The maximum Gasteiger partial charge on any atom is 0.293 e. The van der Waals surface area contributed by atoms with Gasteiger partial charge in [0.2, 0.25) is 5.82 Å². The molecule has 29 heavy (non-hydrogen) atoms. The lowest BCUT2D eigenvalue weighted by Gasteiger charge is -2.25. The summed E-state index contributed by atoms with van der Waals surface area (Å²) in [5.41, 5.74) is 1.90. The standard InChI is InChI=1S/C21H23N5O3/c1-28-18-4-2-17(3-5-18)22-21(27)20-24-23-19-8-15-10-25(9-14-6-7-29-13-14)11-16(15)12-26(19)20/h2-7,13,15-16H,8-12H2,1H3,(H,22,27)/t15-,16-/m1/s1. The fourth-order valence-electron chi connectivity index (χ4n) is 4.42. The zero-order valence-electron chi connectivity index (χ0n) is 16.2. The second-order valence-electron chi connectivity index (χ2n) is 7.78. The molecule has 0 bridgehead atoms. The Kier molecular flexibility index (Phi) is 4.55. The number of amides is 1. The van der Waals surface area contributed by atoms with Crippen molar-refractivity contribution in [3.8, 4) is 5.75 Å². The van der Waals surface area contributed by atoms with Gasteiger partial charge in [-0.25, -0.2) is 0 Å². The summed E-state index contributed by atoms with van der Waals surface area (Å²) in [6, 6.07) is 9.26. The van der Waals surface area contributed by atoms with Gasteiger partial charge in [-0.1, -0.05) is 0 Å². The first-order valence-electron chi connectivity index (χ1n) is 9.80. The molecule has 4 heterocycles. The number of hydrogen-bond donors (Lipinski definition) is 1. The summed E-state index contributed by atoms with van der Waals surface area (Å²) in [6.45, 7) is 3.72. The Morgan fingerprint density at radius 3 is 2.76 bits per heavy atom. The molecule has 1 saturated heterocycles. The second kappa shape index (κ2) is 7.36. The third kappa shape index (κ3) is 3.51. The van der Waals surface area contributed by atoms with Crippen LogP contribution in [-0.4, -0.2) is 45.8 Å². The zero-order chi connectivity index (χ0) is 19.8. The van der Waals surface area contributed by atoms with E-state index in [1.54, 1.807) is 19.6 Å².